The lowest BCUT2D eigenvalue weighted by Crippen LogP contribution is -2.66. The average molecular weight is 413 g/mol. The Morgan fingerprint density at radius 1 is 0.640 bits per heavy atom. The fourth-order valence-corrected chi connectivity index (χ4v) is 7.08. The molecule has 0 N–H and O–H groups in total. The van der Waals surface area contributed by atoms with Crippen LogP contribution in [0.2, 0.25) is 0 Å². The van der Waals surface area contributed by atoms with Crippen molar-refractivity contribution in [3.63, 3.8) is 0 Å². The van der Waals surface area contributed by atoms with E-state index in [0.29, 0.717) is 0 Å². The molecule has 0 aliphatic rings. The van der Waals surface area contributed by atoms with Crippen LogP contribution in [0, 0.1) is 11.5 Å². The van der Waals surface area contributed by atoms with E-state index in [-0.39, 0.29) is 0 Å². The monoisotopic (exact) mass is 412 g/mol. The maximum absolute atomic E-state index is 13.6. The van der Waals surface area contributed by atoms with Gasteiger partial charge in [0, 0.05) is 15.9 Å². The van der Waals surface area contributed by atoms with Crippen LogP contribution in [0.3, 0.4) is 0 Å². The molecule has 0 unspecified atom stereocenters. The molecule has 0 heterocycles. The quantitative estimate of drug-likeness (QED) is 0.266. The van der Waals surface area contributed by atoms with Crippen LogP contribution in [-0.2, 0) is 0 Å². The Bertz CT molecular complexity index is 783. The van der Waals surface area contributed by atoms with Crippen molar-refractivity contribution in [3.05, 3.63) is 91.0 Å². The van der Waals surface area contributed by atoms with E-state index >= 15 is 0 Å². The van der Waals surface area contributed by atoms with Crippen LogP contribution < -0.4 is 15.6 Å². The van der Waals surface area contributed by atoms with E-state index in [1.807, 2.05) is 91.0 Å². The molecule has 0 saturated carbocycles. The van der Waals surface area contributed by atoms with Crippen LogP contribution in [0.15, 0.2) is 91.0 Å². The van der Waals surface area contributed by atoms with Gasteiger partial charge in [-0.15, -0.1) is 5.54 Å². The first-order chi connectivity index (χ1) is 12.0. The fourth-order valence-electron chi connectivity index (χ4n) is 2.95. The van der Waals surface area contributed by atoms with Crippen LogP contribution in [0.5, 0.6) is 0 Å². The van der Waals surface area contributed by atoms with E-state index in [4.69, 9.17) is 0 Å². The van der Waals surface area contributed by atoms with Crippen LogP contribution in [0.1, 0.15) is 0 Å². The van der Waals surface area contributed by atoms with Crippen LogP contribution in [0.25, 0.3) is 0 Å². The number of alkyl halides is 3. The van der Waals surface area contributed by atoms with Gasteiger partial charge in [-0.3, -0.25) is 0 Å². The van der Waals surface area contributed by atoms with E-state index in [9.17, 15) is 8.78 Å². The molecule has 124 valence electrons. The van der Waals surface area contributed by atoms with Crippen molar-refractivity contribution in [1.82, 2.24) is 0 Å². The summed E-state index contributed by atoms with van der Waals surface area (Å²) in [5, 5.41) is 2.95. The van der Waals surface area contributed by atoms with Gasteiger partial charge in [0.05, 0.1) is 0 Å². The first kappa shape index (κ1) is 17.6. The molecule has 0 radical (unpaired) electrons. The second kappa shape index (κ2) is 7.34. The minimum atomic E-state index is -3.22. The predicted octanol–water partition coefficient (Wildman–Crippen LogP) is 3.69. The predicted molar refractivity (Wildman–Crippen MR) is 106 cm³/mol. The van der Waals surface area contributed by atoms with Crippen LogP contribution in [0.4, 0.5) is 8.78 Å². The summed E-state index contributed by atoms with van der Waals surface area (Å²) in [6.07, 6.45) is 0. The topological polar surface area (TPSA) is 0 Å². The number of hydrogen-bond acceptors (Lipinski definition) is 0. The lowest BCUT2D eigenvalue weighted by Gasteiger charge is -2.28. The minimum Gasteiger partial charge on any atom is -0.180 e. The maximum atomic E-state index is 13.6. The highest BCUT2D eigenvalue weighted by Crippen LogP contribution is 2.20. The second-order valence-corrected chi connectivity index (χ2v) is 10.1. The van der Waals surface area contributed by atoms with Crippen molar-refractivity contribution < 1.29 is 8.78 Å². The molecular weight excluding hydrogens is 398 g/mol. The summed E-state index contributed by atoms with van der Waals surface area (Å²) in [4.78, 5) is -3.22. The number of hydrogen-bond donors (Lipinski definition) is 0. The number of rotatable bonds is 3. The zero-order valence-electron chi connectivity index (χ0n) is 13.3. The molecule has 0 aliphatic carbocycles. The van der Waals surface area contributed by atoms with Gasteiger partial charge in [0.15, 0.2) is 0 Å². The Hall–Kier alpha value is -2.22. The van der Waals surface area contributed by atoms with E-state index in [2.05, 4.69) is 27.4 Å². The van der Waals surface area contributed by atoms with Crippen molar-refractivity contribution in [2.45, 2.75) is 4.83 Å². The molecule has 0 aliphatic heterocycles. The maximum Gasteiger partial charge on any atom is 0.362 e. The summed E-state index contributed by atoms with van der Waals surface area (Å²) in [5.41, 5.74) is 3.01. The molecule has 3 rings (SSSR count). The summed E-state index contributed by atoms with van der Waals surface area (Å²) < 4.78 is 27.1. The third-order valence-corrected chi connectivity index (χ3v) is 8.31. The van der Waals surface area contributed by atoms with Crippen LogP contribution >= 0.6 is 15.9 Å². The van der Waals surface area contributed by atoms with Gasteiger partial charge < -0.3 is 0 Å². The lowest BCUT2D eigenvalue weighted by atomic mass is 10.3. The van der Waals surface area contributed by atoms with E-state index in [1.165, 1.54) is 0 Å². The second-order valence-electron chi connectivity index (χ2n) is 5.60. The Morgan fingerprint density at radius 2 is 0.960 bits per heavy atom. The van der Waals surface area contributed by atoms with E-state index in [0.717, 1.165) is 15.6 Å². The SMILES string of the molecule is FC(F)(Br)C#C[Si](c1ccccc1)(c1ccccc1)c1ccccc1. The Kier molecular flexibility index (Phi) is 5.17. The third-order valence-electron chi connectivity index (χ3n) is 4.01. The van der Waals surface area contributed by atoms with Gasteiger partial charge >= 0.3 is 4.83 Å². The minimum absolute atomic E-state index is 0.983. The molecule has 0 saturated heterocycles. The highest BCUT2D eigenvalue weighted by Gasteiger charge is 2.39. The standard InChI is InChI=1S/C21H15BrF2Si/c22-21(23,24)16-17-25(18-10-4-1-5-11-18,19-12-6-2-7-13-19)20-14-8-3-9-15-20/h1-15H. The lowest BCUT2D eigenvalue weighted by molar-refractivity contribution is 0.183. The molecule has 0 amide bonds. The molecule has 0 spiro atoms. The first-order valence-electron chi connectivity index (χ1n) is 7.80. The van der Waals surface area contributed by atoms with Gasteiger partial charge in [-0.1, -0.05) is 91.0 Å². The summed E-state index contributed by atoms with van der Waals surface area (Å²) in [6.45, 7) is 0. The summed E-state index contributed by atoms with van der Waals surface area (Å²) >= 11 is 2.36. The molecule has 0 fully saturated rings. The van der Waals surface area contributed by atoms with Crippen molar-refractivity contribution in [1.29, 1.82) is 0 Å². The van der Waals surface area contributed by atoms with Gasteiger partial charge in [0.1, 0.15) is 0 Å². The average Bonchev–Trinajstić information content (AvgIpc) is 2.64. The number of benzene rings is 3. The van der Waals surface area contributed by atoms with E-state index in [1.54, 1.807) is 0 Å². The molecule has 0 atom stereocenters. The first-order valence-corrected chi connectivity index (χ1v) is 10.6. The summed E-state index contributed by atoms with van der Waals surface area (Å²) in [7, 11) is -2.90. The highest BCUT2D eigenvalue weighted by atomic mass is 79.9. The molecule has 0 aromatic heterocycles. The van der Waals surface area contributed by atoms with Crippen molar-refractivity contribution in [2.75, 3.05) is 0 Å². The Morgan fingerprint density at radius 3 is 1.24 bits per heavy atom. The van der Waals surface area contributed by atoms with Crippen LogP contribution in [-0.4, -0.2) is 12.9 Å². The highest BCUT2D eigenvalue weighted by molar-refractivity contribution is 9.10. The van der Waals surface area contributed by atoms with Gasteiger partial charge in [-0.05, 0) is 21.5 Å². The van der Waals surface area contributed by atoms with Gasteiger partial charge in [-0.25, -0.2) is 0 Å². The molecule has 3 aromatic carbocycles. The van der Waals surface area contributed by atoms with Crippen molar-refractivity contribution in [3.8, 4) is 11.5 Å². The van der Waals surface area contributed by atoms with Gasteiger partial charge in [-0.2, -0.15) is 8.78 Å². The number of halogens is 3. The van der Waals surface area contributed by atoms with E-state index < -0.39 is 12.9 Å². The Balaban J connectivity index is 2.37. The third kappa shape index (κ3) is 3.89. The zero-order chi connectivity index (χ0) is 17.8. The van der Waals surface area contributed by atoms with Crippen molar-refractivity contribution in [2.24, 2.45) is 0 Å². The zero-order valence-corrected chi connectivity index (χ0v) is 15.9. The largest absolute Gasteiger partial charge is 0.362 e. The summed E-state index contributed by atoms with van der Waals surface area (Å²) in [5.74, 6) is 2.15. The molecule has 4 heteroatoms. The Labute approximate surface area is 155 Å². The molecule has 0 bridgehead atoms. The van der Waals surface area contributed by atoms with Crippen molar-refractivity contribution >= 4 is 39.6 Å². The molecule has 3 aromatic rings. The summed E-state index contributed by atoms with van der Waals surface area (Å²) in [6, 6.07) is 29.2. The van der Waals surface area contributed by atoms with Gasteiger partial charge in [0.25, 0.3) is 0 Å². The smallest absolute Gasteiger partial charge is 0.180 e. The van der Waals surface area contributed by atoms with Gasteiger partial charge in [0.2, 0.25) is 8.07 Å². The molecular formula is C21H15BrF2Si. The normalized spacial score (nSPS) is 11.5. The fraction of sp³-hybridized carbons (Fsp3) is 0.0476. The molecule has 0 nitrogen and oxygen atoms in total. The molecule has 25 heavy (non-hydrogen) atoms.